The van der Waals surface area contributed by atoms with Crippen LogP contribution >= 0.6 is 0 Å². The first-order valence-corrected chi connectivity index (χ1v) is 11.7. The second-order valence-corrected chi connectivity index (χ2v) is 9.26. The van der Waals surface area contributed by atoms with Crippen molar-refractivity contribution in [3.63, 3.8) is 0 Å². The lowest BCUT2D eigenvalue weighted by molar-refractivity contribution is -0.223. The average molecular weight is 447 g/mol. The maximum atomic E-state index is 14.6. The van der Waals surface area contributed by atoms with E-state index in [-0.39, 0.29) is 5.75 Å². The first-order valence-electron chi connectivity index (χ1n) is 11.7. The minimum atomic E-state index is -3.39. The second-order valence-electron chi connectivity index (χ2n) is 9.26. The molecule has 172 valence electrons. The van der Waals surface area contributed by atoms with Gasteiger partial charge in [-0.3, -0.25) is 0 Å². The van der Waals surface area contributed by atoms with E-state index in [1.54, 1.807) is 0 Å². The molecular formula is C27H30F4O. The molecule has 0 aromatic heterocycles. The monoisotopic (exact) mass is 446 g/mol. The van der Waals surface area contributed by atoms with E-state index < -0.39 is 23.7 Å². The van der Waals surface area contributed by atoms with Gasteiger partial charge in [0.05, 0.1) is 5.92 Å². The van der Waals surface area contributed by atoms with Crippen LogP contribution in [0.25, 0.3) is 0 Å². The molecule has 2 aliphatic rings. The SMILES string of the molecule is Fc1ccc(OC(F)(F)C2CCC(/C=C/C3CCC(c4ccccc4)CC3)CC2)cc1F. The Hall–Kier alpha value is -2.30. The molecule has 0 atom stereocenters. The first-order chi connectivity index (χ1) is 15.4. The van der Waals surface area contributed by atoms with E-state index in [1.807, 2.05) is 0 Å². The summed E-state index contributed by atoms with van der Waals surface area (Å²) in [5.41, 5.74) is 1.43. The van der Waals surface area contributed by atoms with E-state index in [1.165, 1.54) is 31.2 Å². The predicted molar refractivity (Wildman–Crippen MR) is 118 cm³/mol. The first kappa shape index (κ1) is 22.9. The summed E-state index contributed by atoms with van der Waals surface area (Å²) in [6, 6.07) is 13.2. The zero-order valence-corrected chi connectivity index (χ0v) is 18.2. The van der Waals surface area contributed by atoms with Gasteiger partial charge in [0.2, 0.25) is 0 Å². The molecule has 0 bridgehead atoms. The number of rotatable bonds is 6. The van der Waals surface area contributed by atoms with Gasteiger partial charge in [-0.05, 0) is 86.8 Å². The van der Waals surface area contributed by atoms with Crippen molar-refractivity contribution in [3.05, 3.63) is 77.9 Å². The summed E-state index contributed by atoms with van der Waals surface area (Å²) >= 11 is 0. The van der Waals surface area contributed by atoms with Crippen LogP contribution in [0, 0.1) is 29.4 Å². The average Bonchev–Trinajstić information content (AvgIpc) is 2.81. The van der Waals surface area contributed by atoms with Crippen LogP contribution in [-0.4, -0.2) is 6.11 Å². The molecular weight excluding hydrogens is 416 g/mol. The van der Waals surface area contributed by atoms with E-state index in [2.05, 4.69) is 42.5 Å². The molecule has 2 aromatic rings. The highest BCUT2D eigenvalue weighted by atomic mass is 19.3. The van der Waals surface area contributed by atoms with Gasteiger partial charge in [-0.25, -0.2) is 8.78 Å². The Morgan fingerprint density at radius 3 is 1.91 bits per heavy atom. The quantitative estimate of drug-likeness (QED) is 0.320. The molecule has 0 amide bonds. The Labute approximate surface area is 187 Å². The maximum absolute atomic E-state index is 14.6. The smallest absolute Gasteiger partial charge is 0.400 e. The van der Waals surface area contributed by atoms with Gasteiger partial charge in [0.25, 0.3) is 0 Å². The van der Waals surface area contributed by atoms with Crippen molar-refractivity contribution in [1.82, 2.24) is 0 Å². The molecule has 5 heteroatoms. The molecule has 0 spiro atoms. The van der Waals surface area contributed by atoms with Crippen molar-refractivity contribution in [3.8, 4) is 5.75 Å². The normalized spacial score (nSPS) is 26.9. The molecule has 0 N–H and O–H groups in total. The lowest BCUT2D eigenvalue weighted by atomic mass is 9.77. The molecule has 0 radical (unpaired) electrons. The summed E-state index contributed by atoms with van der Waals surface area (Å²) in [5, 5.41) is 0. The molecule has 2 aliphatic carbocycles. The van der Waals surface area contributed by atoms with Gasteiger partial charge in [0, 0.05) is 6.07 Å². The van der Waals surface area contributed by atoms with Gasteiger partial charge < -0.3 is 4.74 Å². The minimum Gasteiger partial charge on any atom is -0.432 e. The van der Waals surface area contributed by atoms with Crippen LogP contribution in [0.5, 0.6) is 5.75 Å². The topological polar surface area (TPSA) is 9.23 Å². The van der Waals surface area contributed by atoms with Crippen LogP contribution in [-0.2, 0) is 0 Å². The van der Waals surface area contributed by atoms with E-state index in [0.29, 0.717) is 49.5 Å². The summed E-state index contributed by atoms with van der Waals surface area (Å²) in [6.07, 6.45) is 7.97. The number of hydrogen-bond donors (Lipinski definition) is 0. The number of ether oxygens (including phenoxy) is 1. The Morgan fingerprint density at radius 2 is 1.31 bits per heavy atom. The standard InChI is InChI=1S/C27H30F4O/c28-25-17-16-24(18-26(25)29)32-27(30,31)23-14-10-20(11-15-23)7-6-19-8-12-22(13-9-19)21-4-2-1-3-5-21/h1-7,16-20,22-23H,8-15H2/b7-6+. The zero-order valence-electron chi connectivity index (χ0n) is 18.2. The van der Waals surface area contributed by atoms with Crippen molar-refractivity contribution >= 4 is 0 Å². The van der Waals surface area contributed by atoms with Gasteiger partial charge >= 0.3 is 6.11 Å². The third kappa shape index (κ3) is 5.73. The number of hydrogen-bond acceptors (Lipinski definition) is 1. The Bertz CT molecular complexity index is 895. The zero-order chi connectivity index (χ0) is 22.6. The van der Waals surface area contributed by atoms with Crippen molar-refractivity contribution in [1.29, 1.82) is 0 Å². The van der Waals surface area contributed by atoms with Crippen molar-refractivity contribution in [2.24, 2.45) is 17.8 Å². The highest BCUT2D eigenvalue weighted by molar-refractivity contribution is 5.24. The molecule has 2 saturated carbocycles. The molecule has 0 heterocycles. The second kappa shape index (κ2) is 10.1. The highest BCUT2D eigenvalue weighted by Crippen LogP contribution is 2.41. The van der Waals surface area contributed by atoms with Crippen LogP contribution in [0.15, 0.2) is 60.7 Å². The van der Waals surface area contributed by atoms with Gasteiger partial charge in [-0.2, -0.15) is 8.78 Å². The molecule has 1 nitrogen and oxygen atoms in total. The van der Waals surface area contributed by atoms with E-state index >= 15 is 0 Å². The minimum absolute atomic E-state index is 0.317. The van der Waals surface area contributed by atoms with Crippen LogP contribution in [0.2, 0.25) is 0 Å². The molecule has 0 aliphatic heterocycles. The molecule has 2 fully saturated rings. The molecule has 2 aromatic carbocycles. The summed E-state index contributed by atoms with van der Waals surface area (Å²) in [7, 11) is 0. The number of halogens is 4. The molecule has 4 rings (SSSR count). The van der Waals surface area contributed by atoms with Crippen LogP contribution in [0.1, 0.15) is 62.8 Å². The molecule has 32 heavy (non-hydrogen) atoms. The van der Waals surface area contributed by atoms with Crippen molar-refractivity contribution < 1.29 is 22.3 Å². The fraction of sp³-hybridized carbons (Fsp3) is 0.481. The summed E-state index contributed by atoms with van der Waals surface area (Å²) < 4.78 is 60.2. The highest BCUT2D eigenvalue weighted by Gasteiger charge is 2.43. The number of benzene rings is 2. The number of alkyl halides is 2. The van der Waals surface area contributed by atoms with Gasteiger partial charge in [0.1, 0.15) is 5.75 Å². The van der Waals surface area contributed by atoms with Crippen LogP contribution < -0.4 is 4.74 Å². The predicted octanol–water partition coefficient (Wildman–Crippen LogP) is 8.27. The third-order valence-corrected chi connectivity index (χ3v) is 7.09. The van der Waals surface area contributed by atoms with E-state index in [0.717, 1.165) is 12.1 Å². The maximum Gasteiger partial charge on any atom is 0.400 e. The van der Waals surface area contributed by atoms with E-state index in [4.69, 9.17) is 4.74 Å². The van der Waals surface area contributed by atoms with E-state index in [9.17, 15) is 17.6 Å². The lowest BCUT2D eigenvalue weighted by Crippen LogP contribution is -2.37. The third-order valence-electron chi connectivity index (χ3n) is 7.09. The Balaban J connectivity index is 1.23. The van der Waals surface area contributed by atoms with Gasteiger partial charge in [-0.15, -0.1) is 0 Å². The van der Waals surface area contributed by atoms with Gasteiger partial charge in [0.15, 0.2) is 11.6 Å². The van der Waals surface area contributed by atoms with Crippen LogP contribution in [0.3, 0.4) is 0 Å². The fourth-order valence-corrected chi connectivity index (χ4v) is 5.11. The summed E-state index contributed by atoms with van der Waals surface area (Å²) in [6.45, 7) is 0. The Morgan fingerprint density at radius 1 is 0.719 bits per heavy atom. The fourth-order valence-electron chi connectivity index (χ4n) is 5.11. The summed E-state index contributed by atoms with van der Waals surface area (Å²) in [4.78, 5) is 0. The largest absolute Gasteiger partial charge is 0.432 e. The summed E-state index contributed by atoms with van der Waals surface area (Å²) in [5.74, 6) is -1.99. The molecule has 0 saturated heterocycles. The van der Waals surface area contributed by atoms with Crippen molar-refractivity contribution in [2.75, 3.05) is 0 Å². The Kier molecular flexibility index (Phi) is 7.22. The van der Waals surface area contributed by atoms with Crippen LogP contribution in [0.4, 0.5) is 17.6 Å². The van der Waals surface area contributed by atoms with Crippen molar-refractivity contribution in [2.45, 2.75) is 63.4 Å². The van der Waals surface area contributed by atoms with Gasteiger partial charge in [-0.1, -0.05) is 42.5 Å². The lowest BCUT2D eigenvalue weighted by Gasteiger charge is -2.32. The molecule has 0 unspecified atom stereocenters. The number of allylic oxidation sites excluding steroid dienone is 2.